The van der Waals surface area contributed by atoms with Gasteiger partial charge >= 0.3 is 0 Å². The topological polar surface area (TPSA) is 94.5 Å². The van der Waals surface area contributed by atoms with Crippen molar-refractivity contribution < 1.29 is 4.79 Å². The minimum atomic E-state index is -1.00. The van der Waals surface area contributed by atoms with Crippen LogP contribution in [0, 0.1) is 11.3 Å². The monoisotopic (exact) mass is 277 g/mol. The number of anilines is 1. The number of nitrogens with zero attached hydrogens (tertiary/aromatic N) is 3. The van der Waals surface area contributed by atoms with Gasteiger partial charge in [-0.2, -0.15) is 5.26 Å². The second kappa shape index (κ2) is 5.43. The first-order valence-corrected chi connectivity index (χ1v) is 6.33. The number of amides is 1. The number of hydrogen-bond donors (Lipinski definition) is 2. The van der Waals surface area contributed by atoms with Crippen LogP contribution >= 0.6 is 0 Å². The maximum Gasteiger partial charge on any atom is 0.249 e. The van der Waals surface area contributed by atoms with Gasteiger partial charge in [0, 0.05) is 6.20 Å². The Morgan fingerprint density at radius 2 is 2.14 bits per heavy atom. The van der Waals surface area contributed by atoms with E-state index in [0.29, 0.717) is 11.5 Å². The second-order valence-corrected chi connectivity index (χ2v) is 4.43. The van der Waals surface area contributed by atoms with Gasteiger partial charge in [0.25, 0.3) is 0 Å². The summed E-state index contributed by atoms with van der Waals surface area (Å²) in [6, 6.07) is 12.8. The number of pyridine rings is 1. The molecule has 21 heavy (non-hydrogen) atoms. The number of hydrogen-bond acceptors (Lipinski definition) is 4. The molecular weight excluding hydrogens is 266 g/mol. The first-order chi connectivity index (χ1) is 10.3. The zero-order valence-corrected chi connectivity index (χ0v) is 10.9. The number of aromatic amines is 1. The molecule has 0 aliphatic rings. The van der Waals surface area contributed by atoms with E-state index < -0.39 is 11.8 Å². The average Bonchev–Trinajstić information content (AvgIpc) is 2.92. The number of rotatable bonds is 3. The van der Waals surface area contributed by atoms with Gasteiger partial charge in [-0.3, -0.25) is 9.78 Å². The Morgan fingerprint density at radius 3 is 2.86 bits per heavy atom. The van der Waals surface area contributed by atoms with E-state index in [9.17, 15) is 10.1 Å². The average molecular weight is 277 g/mol. The van der Waals surface area contributed by atoms with Crippen molar-refractivity contribution >= 4 is 22.6 Å². The van der Waals surface area contributed by atoms with Crippen LogP contribution in [0.15, 0.2) is 48.8 Å². The molecule has 1 amide bonds. The summed E-state index contributed by atoms with van der Waals surface area (Å²) in [5.41, 5.74) is 2.06. The largest absolute Gasteiger partial charge is 0.340 e. The maximum atomic E-state index is 12.2. The van der Waals surface area contributed by atoms with E-state index in [1.54, 1.807) is 18.3 Å². The number of aromatic nitrogens is 3. The van der Waals surface area contributed by atoms with Gasteiger partial charge in [0.05, 0.1) is 29.0 Å². The van der Waals surface area contributed by atoms with E-state index in [1.165, 1.54) is 6.20 Å². The Balaban J connectivity index is 1.87. The molecule has 0 saturated carbocycles. The fourth-order valence-corrected chi connectivity index (χ4v) is 2.00. The van der Waals surface area contributed by atoms with Gasteiger partial charge in [-0.1, -0.05) is 12.1 Å². The maximum absolute atomic E-state index is 12.2. The quantitative estimate of drug-likeness (QED) is 0.767. The van der Waals surface area contributed by atoms with Crippen LogP contribution in [0.2, 0.25) is 0 Å². The smallest absolute Gasteiger partial charge is 0.249 e. The molecule has 0 aliphatic heterocycles. The molecule has 0 fully saturated rings. The van der Waals surface area contributed by atoms with Crippen LogP contribution < -0.4 is 5.32 Å². The highest BCUT2D eigenvalue weighted by Crippen LogP contribution is 2.18. The summed E-state index contributed by atoms with van der Waals surface area (Å²) < 4.78 is 0. The summed E-state index contributed by atoms with van der Waals surface area (Å²) in [7, 11) is 0. The molecule has 0 spiro atoms. The molecule has 2 aromatic heterocycles. The molecule has 3 rings (SSSR count). The van der Waals surface area contributed by atoms with E-state index >= 15 is 0 Å². The summed E-state index contributed by atoms with van der Waals surface area (Å²) in [6.45, 7) is 0. The van der Waals surface area contributed by atoms with Gasteiger partial charge in [-0.25, -0.2) is 4.98 Å². The minimum Gasteiger partial charge on any atom is -0.340 e. The molecule has 6 nitrogen and oxygen atoms in total. The zero-order valence-electron chi connectivity index (χ0n) is 10.9. The number of imidazole rings is 1. The lowest BCUT2D eigenvalue weighted by Gasteiger charge is -2.07. The lowest BCUT2D eigenvalue weighted by Crippen LogP contribution is -2.21. The predicted octanol–water partition coefficient (Wildman–Crippen LogP) is 2.20. The molecule has 2 heterocycles. The van der Waals surface area contributed by atoms with Gasteiger partial charge in [-0.05, 0) is 24.3 Å². The van der Waals surface area contributed by atoms with Gasteiger partial charge in [-0.15, -0.1) is 0 Å². The van der Waals surface area contributed by atoms with Crippen molar-refractivity contribution in [3.63, 3.8) is 0 Å². The number of benzene rings is 1. The Hall–Kier alpha value is -3.20. The summed E-state index contributed by atoms with van der Waals surface area (Å²) in [5.74, 6) is -1.11. The van der Waals surface area contributed by atoms with Crippen molar-refractivity contribution in [2.24, 2.45) is 0 Å². The van der Waals surface area contributed by atoms with Crippen LogP contribution in [0.1, 0.15) is 11.7 Å². The summed E-state index contributed by atoms with van der Waals surface area (Å²) in [6.07, 6.45) is 3.13. The number of H-pyrrole nitrogens is 1. The molecule has 0 radical (unpaired) electrons. The van der Waals surface area contributed by atoms with Gasteiger partial charge in [0.2, 0.25) is 5.91 Å². The normalized spacial score (nSPS) is 11.8. The first kappa shape index (κ1) is 12.8. The summed E-state index contributed by atoms with van der Waals surface area (Å²) in [4.78, 5) is 23.4. The van der Waals surface area contributed by atoms with Crippen molar-refractivity contribution in [3.8, 4) is 6.07 Å². The van der Waals surface area contributed by atoms with Crippen molar-refractivity contribution in [3.05, 3.63) is 54.6 Å². The van der Waals surface area contributed by atoms with Crippen LogP contribution in [0.4, 0.5) is 5.69 Å². The highest BCUT2D eigenvalue weighted by atomic mass is 16.1. The molecule has 3 aromatic rings. The van der Waals surface area contributed by atoms with E-state index in [4.69, 9.17) is 0 Å². The third-order valence-corrected chi connectivity index (χ3v) is 3.00. The summed E-state index contributed by atoms with van der Waals surface area (Å²) >= 11 is 0. The third kappa shape index (κ3) is 2.58. The van der Waals surface area contributed by atoms with Gasteiger partial charge < -0.3 is 10.3 Å². The van der Waals surface area contributed by atoms with Crippen LogP contribution in [0.25, 0.3) is 11.0 Å². The Morgan fingerprint density at radius 1 is 1.29 bits per heavy atom. The SMILES string of the molecule is N#C[C@H](C(=O)Nc1cccnc1)c1nc2ccccc2[nH]1. The van der Waals surface area contributed by atoms with E-state index in [-0.39, 0.29) is 0 Å². The zero-order chi connectivity index (χ0) is 14.7. The van der Waals surface area contributed by atoms with Crippen molar-refractivity contribution in [1.82, 2.24) is 15.0 Å². The molecule has 0 bridgehead atoms. The second-order valence-electron chi connectivity index (χ2n) is 4.43. The lowest BCUT2D eigenvalue weighted by atomic mass is 10.1. The molecule has 0 unspecified atom stereocenters. The molecule has 6 heteroatoms. The van der Waals surface area contributed by atoms with Crippen LogP contribution in [-0.4, -0.2) is 20.9 Å². The number of para-hydroxylation sites is 2. The number of nitriles is 1. The third-order valence-electron chi connectivity index (χ3n) is 3.00. The van der Waals surface area contributed by atoms with E-state index in [0.717, 1.165) is 11.0 Å². The van der Waals surface area contributed by atoms with Crippen LogP contribution in [0.3, 0.4) is 0 Å². The molecule has 0 aliphatic carbocycles. The fraction of sp³-hybridized carbons (Fsp3) is 0.0667. The van der Waals surface area contributed by atoms with Crippen molar-refractivity contribution in [2.75, 3.05) is 5.32 Å². The van der Waals surface area contributed by atoms with Gasteiger partial charge in [0.1, 0.15) is 5.82 Å². The molecule has 1 atom stereocenters. The van der Waals surface area contributed by atoms with E-state index in [1.807, 2.05) is 30.3 Å². The minimum absolute atomic E-state index is 0.333. The van der Waals surface area contributed by atoms with Crippen LogP contribution in [0.5, 0.6) is 0 Å². The molecule has 2 N–H and O–H groups in total. The Kier molecular flexibility index (Phi) is 3.31. The molecule has 102 valence electrons. The van der Waals surface area contributed by atoms with Crippen molar-refractivity contribution in [1.29, 1.82) is 5.26 Å². The predicted molar refractivity (Wildman–Crippen MR) is 77.3 cm³/mol. The number of fused-ring (bicyclic) bond motifs is 1. The van der Waals surface area contributed by atoms with Crippen molar-refractivity contribution in [2.45, 2.75) is 5.92 Å². The fourth-order valence-electron chi connectivity index (χ4n) is 2.00. The van der Waals surface area contributed by atoms with Crippen LogP contribution in [-0.2, 0) is 4.79 Å². The van der Waals surface area contributed by atoms with E-state index in [2.05, 4.69) is 20.3 Å². The highest BCUT2D eigenvalue weighted by Gasteiger charge is 2.23. The lowest BCUT2D eigenvalue weighted by molar-refractivity contribution is -0.116. The number of carbonyl (C=O) groups excluding carboxylic acids is 1. The summed E-state index contributed by atoms with van der Waals surface area (Å²) in [5, 5.41) is 11.9. The standard InChI is InChI=1S/C15H11N5O/c16-8-11(15(21)18-10-4-3-7-17-9-10)14-19-12-5-1-2-6-13(12)20-14/h1-7,9,11H,(H,18,21)(H,19,20)/t11-/m0/s1. The number of carbonyl (C=O) groups is 1. The molecule has 0 saturated heterocycles. The molecule has 1 aromatic carbocycles. The Bertz CT molecular complexity index is 786. The van der Waals surface area contributed by atoms with Gasteiger partial charge in [0.15, 0.2) is 5.92 Å². The first-order valence-electron chi connectivity index (χ1n) is 6.33. The number of nitrogens with one attached hydrogen (secondary N) is 2. The Labute approximate surface area is 120 Å². The molecular formula is C15H11N5O. The highest BCUT2D eigenvalue weighted by molar-refractivity contribution is 5.97.